The van der Waals surface area contributed by atoms with Crippen molar-refractivity contribution in [2.24, 2.45) is 0 Å². The van der Waals surface area contributed by atoms with Crippen LogP contribution in [0.3, 0.4) is 0 Å². The number of hydrogen-bond acceptors (Lipinski definition) is 1. The molecule has 0 bridgehead atoms. The summed E-state index contributed by atoms with van der Waals surface area (Å²) in [6.07, 6.45) is 4.93. The maximum atomic E-state index is 2.55. The second-order valence-electron chi connectivity index (χ2n) is 8.15. The van der Waals surface area contributed by atoms with Gasteiger partial charge in [0.2, 0.25) is 0 Å². The van der Waals surface area contributed by atoms with E-state index in [9.17, 15) is 0 Å². The monoisotopic (exact) mass is 393 g/mol. The van der Waals surface area contributed by atoms with Gasteiger partial charge in [0.15, 0.2) is 0 Å². The van der Waals surface area contributed by atoms with Crippen LogP contribution in [0.25, 0.3) is 0 Å². The number of hydrogen-bond donors (Lipinski definition) is 0. The van der Waals surface area contributed by atoms with Gasteiger partial charge in [-0.1, -0.05) is 86.4 Å². The average molecular weight is 394 g/mol. The minimum atomic E-state index is -1.38. The van der Waals surface area contributed by atoms with Crippen LogP contribution in [-0.2, 0) is 0 Å². The molecule has 1 atom stereocenters. The number of rotatable bonds is 7. The quantitative estimate of drug-likeness (QED) is 0.415. The molecule has 0 fully saturated rings. The third-order valence-electron chi connectivity index (χ3n) is 5.31. The van der Waals surface area contributed by atoms with E-state index < -0.39 is 16.0 Å². The minimum absolute atomic E-state index is 0.529. The van der Waals surface area contributed by atoms with Crippen molar-refractivity contribution in [1.82, 2.24) is 4.90 Å². The predicted molar refractivity (Wildman–Crippen MR) is 125 cm³/mol. The van der Waals surface area contributed by atoms with Crippen LogP contribution in [0, 0.1) is 0 Å². The zero-order valence-electron chi connectivity index (χ0n) is 17.3. The summed E-state index contributed by atoms with van der Waals surface area (Å²) in [4.78, 5) is 2.55. The maximum Gasteiger partial charge on any atom is 0.0567 e. The van der Waals surface area contributed by atoms with Crippen LogP contribution in [0.4, 0.5) is 0 Å². The summed E-state index contributed by atoms with van der Waals surface area (Å²) in [7, 11) is -1.91. The highest BCUT2D eigenvalue weighted by atomic mass is 31.1. The van der Waals surface area contributed by atoms with Crippen LogP contribution in [0.1, 0.15) is 13.8 Å². The largest absolute Gasteiger partial charge is 0.372 e. The fourth-order valence-corrected chi connectivity index (χ4v) is 9.68. The van der Waals surface area contributed by atoms with Crippen LogP contribution >= 0.6 is 7.92 Å². The molecule has 2 aromatic rings. The number of likely N-dealkylation sites (N-methyl/N-ethyl adjacent to an activating group) is 1. The van der Waals surface area contributed by atoms with Crippen LogP contribution < -0.4 is 10.6 Å². The standard InChI is InChI=1S/C24H32NPSi/c1-6-25(7-2)22-18-19-23(27(3,4)5)24(22)26(20-14-10-8-11-15-20)21-16-12-9-13-17-21/h8-19,23H,6-7H2,1-5H3. The van der Waals surface area contributed by atoms with Crippen molar-refractivity contribution in [3.8, 4) is 0 Å². The molecule has 0 aromatic heterocycles. The van der Waals surface area contributed by atoms with E-state index in [-0.39, 0.29) is 0 Å². The summed E-state index contributed by atoms with van der Waals surface area (Å²) >= 11 is 0. The lowest BCUT2D eigenvalue weighted by Crippen LogP contribution is -2.31. The van der Waals surface area contributed by atoms with E-state index in [1.165, 1.54) is 16.3 Å². The Labute approximate surface area is 167 Å². The highest BCUT2D eigenvalue weighted by molar-refractivity contribution is 7.77. The molecule has 0 radical (unpaired) electrons. The molecule has 0 saturated carbocycles. The first kappa shape index (κ1) is 20.1. The van der Waals surface area contributed by atoms with Crippen molar-refractivity contribution in [2.75, 3.05) is 13.1 Å². The van der Waals surface area contributed by atoms with E-state index in [0.717, 1.165) is 13.1 Å². The first-order valence-corrected chi connectivity index (χ1v) is 15.0. The van der Waals surface area contributed by atoms with Crippen molar-refractivity contribution in [2.45, 2.75) is 39.0 Å². The van der Waals surface area contributed by atoms with Crippen molar-refractivity contribution in [3.63, 3.8) is 0 Å². The zero-order chi connectivity index (χ0) is 19.4. The summed E-state index contributed by atoms with van der Waals surface area (Å²) in [5, 5.41) is 4.60. The van der Waals surface area contributed by atoms with Gasteiger partial charge in [0.05, 0.1) is 8.07 Å². The lowest BCUT2D eigenvalue weighted by molar-refractivity contribution is 0.394. The summed E-state index contributed by atoms with van der Waals surface area (Å²) < 4.78 is 0. The highest BCUT2D eigenvalue weighted by Gasteiger charge is 2.38. The Kier molecular flexibility index (Phi) is 6.39. The van der Waals surface area contributed by atoms with Gasteiger partial charge in [-0.25, -0.2) is 0 Å². The molecule has 1 unspecified atom stereocenters. The predicted octanol–water partition coefficient (Wildman–Crippen LogP) is 5.95. The Hall–Kier alpha value is -1.63. The van der Waals surface area contributed by atoms with E-state index in [1.54, 1.807) is 5.31 Å². The molecule has 142 valence electrons. The summed E-state index contributed by atoms with van der Waals surface area (Å²) in [6.45, 7) is 14.2. The smallest absolute Gasteiger partial charge is 0.0567 e. The van der Waals surface area contributed by atoms with E-state index >= 15 is 0 Å². The number of allylic oxidation sites excluding steroid dienone is 3. The molecule has 0 heterocycles. The number of benzene rings is 2. The first-order valence-electron chi connectivity index (χ1n) is 10.0. The summed E-state index contributed by atoms with van der Waals surface area (Å²) in [5.41, 5.74) is 2.07. The van der Waals surface area contributed by atoms with Crippen LogP contribution in [0.5, 0.6) is 0 Å². The van der Waals surface area contributed by atoms with Crippen LogP contribution in [-0.4, -0.2) is 26.1 Å². The molecule has 0 aliphatic heterocycles. The normalized spacial score (nSPS) is 17.0. The SMILES string of the molecule is CCN(CC)C1=C(P(c2ccccc2)c2ccccc2)C([Si](C)(C)C)C=C1. The van der Waals surface area contributed by atoms with Gasteiger partial charge in [0.25, 0.3) is 0 Å². The Bertz CT molecular complexity index is 762. The molecule has 1 aliphatic carbocycles. The molecule has 0 amide bonds. The molecular weight excluding hydrogens is 361 g/mol. The molecule has 27 heavy (non-hydrogen) atoms. The fraction of sp³-hybridized carbons (Fsp3) is 0.333. The Morgan fingerprint density at radius 3 is 1.70 bits per heavy atom. The van der Waals surface area contributed by atoms with Gasteiger partial charge in [-0.3, -0.25) is 0 Å². The van der Waals surface area contributed by atoms with Crippen LogP contribution in [0.15, 0.2) is 83.8 Å². The van der Waals surface area contributed by atoms with Gasteiger partial charge >= 0.3 is 0 Å². The van der Waals surface area contributed by atoms with Gasteiger partial charge in [-0.05, 0) is 49.3 Å². The lowest BCUT2D eigenvalue weighted by atomic mass is 10.3. The van der Waals surface area contributed by atoms with E-state index in [0.29, 0.717) is 5.54 Å². The molecule has 0 spiro atoms. The van der Waals surface area contributed by atoms with E-state index in [4.69, 9.17) is 0 Å². The Morgan fingerprint density at radius 2 is 1.30 bits per heavy atom. The third kappa shape index (κ3) is 4.28. The van der Waals surface area contributed by atoms with Crippen molar-refractivity contribution < 1.29 is 0 Å². The summed E-state index contributed by atoms with van der Waals surface area (Å²) in [6, 6.07) is 22.3. The van der Waals surface area contributed by atoms with Crippen molar-refractivity contribution in [3.05, 3.63) is 83.8 Å². The molecule has 1 aliphatic rings. The molecular formula is C24H32NPSi. The minimum Gasteiger partial charge on any atom is -0.372 e. The van der Waals surface area contributed by atoms with Gasteiger partial charge in [0, 0.05) is 18.8 Å². The molecule has 2 aromatic carbocycles. The second-order valence-corrected chi connectivity index (χ2v) is 15.7. The molecule has 3 heteroatoms. The van der Waals surface area contributed by atoms with Crippen LogP contribution in [0.2, 0.25) is 25.2 Å². The van der Waals surface area contributed by atoms with Gasteiger partial charge in [0.1, 0.15) is 0 Å². The Balaban J connectivity index is 2.24. The van der Waals surface area contributed by atoms with Gasteiger partial charge in [-0.15, -0.1) is 0 Å². The lowest BCUT2D eigenvalue weighted by Gasteiger charge is -2.35. The summed E-state index contributed by atoms with van der Waals surface area (Å²) in [5.74, 6) is 0. The first-order chi connectivity index (χ1) is 13.0. The topological polar surface area (TPSA) is 3.24 Å². The van der Waals surface area contributed by atoms with E-state index in [1.807, 2.05) is 0 Å². The zero-order valence-corrected chi connectivity index (χ0v) is 19.2. The molecule has 3 rings (SSSR count). The molecule has 0 saturated heterocycles. The van der Waals surface area contributed by atoms with E-state index in [2.05, 4.69) is 111 Å². The van der Waals surface area contributed by atoms with Crippen molar-refractivity contribution in [1.29, 1.82) is 0 Å². The van der Waals surface area contributed by atoms with Gasteiger partial charge < -0.3 is 4.90 Å². The molecule has 1 nitrogen and oxygen atoms in total. The molecule has 0 N–H and O–H groups in total. The average Bonchev–Trinajstić information content (AvgIpc) is 3.10. The second kappa shape index (κ2) is 8.58. The van der Waals surface area contributed by atoms with Gasteiger partial charge in [-0.2, -0.15) is 0 Å². The fourth-order valence-electron chi connectivity index (χ4n) is 3.89. The Morgan fingerprint density at radius 1 is 0.815 bits per heavy atom. The number of nitrogens with zero attached hydrogens (tertiary/aromatic N) is 1. The highest BCUT2D eigenvalue weighted by Crippen LogP contribution is 2.56. The maximum absolute atomic E-state index is 2.55. The van der Waals surface area contributed by atoms with Crippen molar-refractivity contribution >= 4 is 26.6 Å². The third-order valence-corrected chi connectivity index (χ3v) is 10.5.